The maximum absolute atomic E-state index is 12.9. The number of hydrogen-bond acceptors (Lipinski definition) is 4. The molecule has 0 fully saturated rings. The standard InChI is InChI=1S/C28H39N3OS/c1-7-8-24-23-15-21(6)9-11-26(23)33-27-12-10-22(16-25(27)30-24)28(32)29-13-14-31(17-19(2)3)18-20(4)5/h9-12,15-16,19-20H,7-8,13-14,17-18H2,1-6H3,(H,29,32). The van der Waals surface area contributed by atoms with Crippen LogP contribution < -0.4 is 5.32 Å². The number of nitrogens with zero attached hydrogens (tertiary/aromatic N) is 2. The Kier molecular flexibility index (Phi) is 9.16. The van der Waals surface area contributed by atoms with Gasteiger partial charge in [-0.25, -0.2) is 0 Å². The molecule has 0 radical (unpaired) electrons. The molecule has 0 bridgehead atoms. The average Bonchev–Trinajstić information content (AvgIpc) is 2.89. The van der Waals surface area contributed by atoms with Crippen molar-refractivity contribution < 1.29 is 4.79 Å². The van der Waals surface area contributed by atoms with E-state index in [1.807, 2.05) is 18.2 Å². The van der Waals surface area contributed by atoms with Gasteiger partial charge in [0.1, 0.15) is 0 Å². The molecule has 0 aliphatic carbocycles. The lowest BCUT2D eigenvalue weighted by molar-refractivity contribution is 0.0946. The van der Waals surface area contributed by atoms with E-state index >= 15 is 0 Å². The van der Waals surface area contributed by atoms with Gasteiger partial charge in [-0.2, -0.15) is 0 Å². The molecule has 1 aliphatic heterocycles. The molecule has 0 saturated carbocycles. The van der Waals surface area contributed by atoms with Crippen molar-refractivity contribution in [1.82, 2.24) is 10.2 Å². The van der Waals surface area contributed by atoms with E-state index in [0.717, 1.165) is 48.8 Å². The van der Waals surface area contributed by atoms with Gasteiger partial charge in [-0.3, -0.25) is 9.79 Å². The topological polar surface area (TPSA) is 44.7 Å². The number of nitrogens with one attached hydrogen (secondary N) is 1. The Bertz CT molecular complexity index is 987. The van der Waals surface area contributed by atoms with Gasteiger partial charge in [-0.15, -0.1) is 0 Å². The van der Waals surface area contributed by atoms with Crippen LogP contribution in [0.4, 0.5) is 5.69 Å². The molecule has 4 nitrogen and oxygen atoms in total. The van der Waals surface area contributed by atoms with Crippen molar-refractivity contribution in [1.29, 1.82) is 0 Å². The highest BCUT2D eigenvalue weighted by Gasteiger charge is 2.19. The fourth-order valence-electron chi connectivity index (χ4n) is 4.26. The van der Waals surface area contributed by atoms with E-state index in [9.17, 15) is 4.79 Å². The summed E-state index contributed by atoms with van der Waals surface area (Å²) in [5.74, 6) is 1.20. The third-order valence-electron chi connectivity index (χ3n) is 5.59. The molecule has 0 saturated heterocycles. The van der Waals surface area contributed by atoms with Crippen LogP contribution in [0.25, 0.3) is 0 Å². The van der Waals surface area contributed by atoms with Crippen LogP contribution in [0.3, 0.4) is 0 Å². The molecule has 5 heteroatoms. The number of aliphatic imine (C=N–C) groups is 1. The van der Waals surface area contributed by atoms with Crippen molar-refractivity contribution >= 4 is 29.1 Å². The molecule has 1 N–H and O–H groups in total. The fraction of sp³-hybridized carbons (Fsp3) is 0.500. The first-order valence-corrected chi connectivity index (χ1v) is 13.1. The first-order valence-electron chi connectivity index (χ1n) is 12.3. The van der Waals surface area contributed by atoms with E-state index < -0.39 is 0 Å². The predicted octanol–water partition coefficient (Wildman–Crippen LogP) is 6.72. The molecule has 0 aromatic heterocycles. The monoisotopic (exact) mass is 465 g/mol. The highest BCUT2D eigenvalue weighted by Crippen LogP contribution is 2.41. The van der Waals surface area contributed by atoms with E-state index in [-0.39, 0.29) is 5.91 Å². The number of hydrogen-bond donors (Lipinski definition) is 1. The van der Waals surface area contributed by atoms with E-state index in [1.165, 1.54) is 16.0 Å². The van der Waals surface area contributed by atoms with Crippen LogP contribution in [0.2, 0.25) is 0 Å². The molecule has 2 aromatic rings. The molecule has 0 atom stereocenters. The molecule has 0 spiro atoms. The molecular weight excluding hydrogens is 426 g/mol. The molecule has 2 aromatic carbocycles. The minimum absolute atomic E-state index is 0.0262. The number of carbonyl (C=O) groups is 1. The van der Waals surface area contributed by atoms with Crippen LogP contribution >= 0.6 is 11.8 Å². The largest absolute Gasteiger partial charge is 0.351 e. The minimum Gasteiger partial charge on any atom is -0.351 e. The maximum atomic E-state index is 12.9. The Morgan fingerprint density at radius 2 is 1.73 bits per heavy atom. The number of carbonyl (C=O) groups excluding carboxylic acids is 1. The van der Waals surface area contributed by atoms with Gasteiger partial charge in [-0.1, -0.05) is 64.4 Å². The van der Waals surface area contributed by atoms with Gasteiger partial charge in [0.05, 0.1) is 5.69 Å². The third-order valence-corrected chi connectivity index (χ3v) is 6.73. The molecule has 178 valence electrons. The molecule has 33 heavy (non-hydrogen) atoms. The van der Waals surface area contributed by atoms with Crippen molar-refractivity contribution in [3.8, 4) is 0 Å². The van der Waals surface area contributed by atoms with E-state index in [1.54, 1.807) is 11.8 Å². The number of fused-ring (bicyclic) bond motifs is 2. The Labute approximate surface area is 204 Å². The van der Waals surface area contributed by atoms with E-state index in [4.69, 9.17) is 4.99 Å². The Morgan fingerprint density at radius 3 is 2.39 bits per heavy atom. The summed E-state index contributed by atoms with van der Waals surface area (Å²) in [5, 5.41) is 3.12. The van der Waals surface area contributed by atoms with Gasteiger partial charge in [0.25, 0.3) is 5.91 Å². The molecule has 3 rings (SSSR count). The molecule has 1 aliphatic rings. The van der Waals surface area contributed by atoms with Crippen molar-refractivity contribution in [2.24, 2.45) is 16.8 Å². The molecule has 1 amide bonds. The maximum Gasteiger partial charge on any atom is 0.251 e. The first-order chi connectivity index (χ1) is 15.8. The van der Waals surface area contributed by atoms with Crippen LogP contribution in [-0.4, -0.2) is 42.7 Å². The summed E-state index contributed by atoms with van der Waals surface area (Å²) < 4.78 is 0. The van der Waals surface area contributed by atoms with E-state index in [2.05, 4.69) is 70.0 Å². The zero-order valence-corrected chi connectivity index (χ0v) is 21.9. The molecular formula is C28H39N3OS. The van der Waals surface area contributed by atoms with Crippen LogP contribution in [0.15, 0.2) is 51.2 Å². The first kappa shape index (κ1) is 25.5. The summed E-state index contributed by atoms with van der Waals surface area (Å²) in [6.07, 6.45) is 1.96. The third kappa shape index (κ3) is 7.18. The quantitative estimate of drug-likeness (QED) is 0.423. The summed E-state index contributed by atoms with van der Waals surface area (Å²) in [4.78, 5) is 22.7. The number of aryl methyl sites for hydroxylation is 1. The van der Waals surface area contributed by atoms with Crippen molar-refractivity contribution in [2.45, 2.75) is 64.2 Å². The Hall–Kier alpha value is -2.11. The van der Waals surface area contributed by atoms with Gasteiger partial charge in [-0.05, 0) is 55.5 Å². The van der Waals surface area contributed by atoms with Gasteiger partial charge in [0, 0.05) is 52.8 Å². The van der Waals surface area contributed by atoms with Crippen molar-refractivity contribution in [3.05, 3.63) is 53.1 Å². The summed E-state index contributed by atoms with van der Waals surface area (Å²) in [6.45, 7) is 16.9. The van der Waals surface area contributed by atoms with Crippen molar-refractivity contribution in [3.63, 3.8) is 0 Å². The van der Waals surface area contributed by atoms with Crippen LogP contribution in [0.5, 0.6) is 0 Å². The van der Waals surface area contributed by atoms with Crippen LogP contribution in [0, 0.1) is 18.8 Å². The lowest BCUT2D eigenvalue weighted by Gasteiger charge is -2.26. The average molecular weight is 466 g/mol. The zero-order valence-electron chi connectivity index (χ0n) is 21.1. The summed E-state index contributed by atoms with van der Waals surface area (Å²) in [6, 6.07) is 12.5. The highest BCUT2D eigenvalue weighted by atomic mass is 32.2. The summed E-state index contributed by atoms with van der Waals surface area (Å²) in [7, 11) is 0. The molecule has 0 unspecified atom stereocenters. The van der Waals surface area contributed by atoms with Gasteiger partial charge in [0.15, 0.2) is 0 Å². The Balaban J connectivity index is 1.74. The number of amides is 1. The second-order valence-electron chi connectivity index (χ2n) is 9.90. The summed E-state index contributed by atoms with van der Waals surface area (Å²) >= 11 is 1.74. The van der Waals surface area contributed by atoms with Gasteiger partial charge < -0.3 is 10.2 Å². The summed E-state index contributed by atoms with van der Waals surface area (Å²) in [5.41, 5.74) is 5.15. The smallest absolute Gasteiger partial charge is 0.251 e. The second kappa shape index (κ2) is 11.8. The Morgan fingerprint density at radius 1 is 1.03 bits per heavy atom. The van der Waals surface area contributed by atoms with Crippen LogP contribution in [-0.2, 0) is 0 Å². The normalized spacial score (nSPS) is 13.1. The zero-order chi connectivity index (χ0) is 24.0. The lowest BCUT2D eigenvalue weighted by atomic mass is 10.0. The second-order valence-corrected chi connectivity index (χ2v) is 11.0. The number of rotatable bonds is 10. The van der Waals surface area contributed by atoms with E-state index in [0.29, 0.717) is 23.9 Å². The van der Waals surface area contributed by atoms with Crippen molar-refractivity contribution in [2.75, 3.05) is 26.2 Å². The van der Waals surface area contributed by atoms with Gasteiger partial charge in [0.2, 0.25) is 0 Å². The minimum atomic E-state index is -0.0262. The highest BCUT2D eigenvalue weighted by molar-refractivity contribution is 7.99. The lowest BCUT2D eigenvalue weighted by Crippen LogP contribution is -2.38. The number of benzene rings is 2. The van der Waals surface area contributed by atoms with Gasteiger partial charge >= 0.3 is 0 Å². The predicted molar refractivity (Wildman–Crippen MR) is 141 cm³/mol. The van der Waals surface area contributed by atoms with Crippen LogP contribution in [0.1, 0.15) is 68.9 Å². The SMILES string of the molecule is CCCC1=Nc2cc(C(=O)NCCN(CC(C)C)CC(C)C)ccc2Sc2ccc(C)cc21. The molecule has 1 heterocycles. The fourth-order valence-corrected chi connectivity index (χ4v) is 5.27.